The molecular formula is C22H27FN2O2. The number of nitrogens with one attached hydrogen (secondary N) is 2. The molecule has 0 saturated carbocycles. The molecule has 3 rings (SSSR count). The predicted molar refractivity (Wildman–Crippen MR) is 104 cm³/mol. The zero-order valence-electron chi connectivity index (χ0n) is 15.5. The Balaban J connectivity index is 1.54. The van der Waals surface area contributed by atoms with Gasteiger partial charge in [-0.15, -0.1) is 0 Å². The summed E-state index contributed by atoms with van der Waals surface area (Å²) >= 11 is 0. The first-order valence-electron chi connectivity index (χ1n) is 9.58. The first kappa shape index (κ1) is 19.5. The molecule has 27 heavy (non-hydrogen) atoms. The molecule has 0 aromatic heterocycles. The van der Waals surface area contributed by atoms with Crippen molar-refractivity contribution in [1.82, 2.24) is 10.6 Å². The molecule has 1 atom stereocenters. The lowest BCUT2D eigenvalue weighted by Crippen LogP contribution is -2.40. The maximum absolute atomic E-state index is 13.0. The Morgan fingerprint density at radius 3 is 2.52 bits per heavy atom. The Kier molecular flexibility index (Phi) is 7.36. The van der Waals surface area contributed by atoms with Gasteiger partial charge < -0.3 is 15.4 Å². The molecule has 0 radical (unpaired) electrons. The van der Waals surface area contributed by atoms with Gasteiger partial charge in [-0.3, -0.25) is 4.79 Å². The quantitative estimate of drug-likeness (QED) is 0.750. The smallest absolute Gasteiger partial charge is 0.223 e. The number of ether oxygens (including phenoxy) is 1. The van der Waals surface area contributed by atoms with Crippen molar-refractivity contribution in [3.8, 4) is 0 Å². The van der Waals surface area contributed by atoms with Gasteiger partial charge in [-0.1, -0.05) is 42.5 Å². The molecule has 144 valence electrons. The predicted octanol–water partition coefficient (Wildman–Crippen LogP) is 3.24. The van der Waals surface area contributed by atoms with Crippen LogP contribution in [0.4, 0.5) is 4.39 Å². The molecule has 1 fully saturated rings. The van der Waals surface area contributed by atoms with E-state index < -0.39 is 0 Å². The summed E-state index contributed by atoms with van der Waals surface area (Å²) in [6.45, 7) is 3.28. The molecule has 0 spiro atoms. The average molecular weight is 370 g/mol. The minimum Gasteiger partial charge on any atom is -0.376 e. The van der Waals surface area contributed by atoms with Crippen molar-refractivity contribution in [2.75, 3.05) is 26.2 Å². The Bertz CT molecular complexity index is 700. The molecular weight excluding hydrogens is 343 g/mol. The minimum absolute atomic E-state index is 0.0808. The number of amides is 1. The number of carbonyl (C=O) groups is 1. The van der Waals surface area contributed by atoms with Gasteiger partial charge in [0.25, 0.3) is 0 Å². The monoisotopic (exact) mass is 370 g/mol. The van der Waals surface area contributed by atoms with Gasteiger partial charge in [-0.25, -0.2) is 4.39 Å². The van der Waals surface area contributed by atoms with Gasteiger partial charge in [0.1, 0.15) is 5.82 Å². The van der Waals surface area contributed by atoms with E-state index in [2.05, 4.69) is 22.8 Å². The van der Waals surface area contributed by atoms with Crippen molar-refractivity contribution in [2.45, 2.75) is 25.4 Å². The number of rotatable bonds is 8. The van der Waals surface area contributed by atoms with Gasteiger partial charge in [-0.05, 0) is 49.2 Å². The Morgan fingerprint density at radius 1 is 1.11 bits per heavy atom. The van der Waals surface area contributed by atoms with Gasteiger partial charge in [-0.2, -0.15) is 0 Å². The van der Waals surface area contributed by atoms with Crippen LogP contribution in [-0.4, -0.2) is 32.1 Å². The van der Waals surface area contributed by atoms with Crippen LogP contribution in [0.15, 0.2) is 54.6 Å². The Labute approximate surface area is 160 Å². The molecule has 2 aromatic carbocycles. The average Bonchev–Trinajstić information content (AvgIpc) is 2.73. The van der Waals surface area contributed by atoms with Crippen LogP contribution in [0, 0.1) is 11.7 Å². The molecule has 4 nitrogen and oxygen atoms in total. The third kappa shape index (κ3) is 6.15. The molecule has 1 heterocycles. The van der Waals surface area contributed by atoms with Crippen LogP contribution < -0.4 is 10.6 Å². The Hall–Kier alpha value is -2.24. The van der Waals surface area contributed by atoms with Crippen molar-refractivity contribution in [3.05, 3.63) is 71.5 Å². The molecule has 2 aromatic rings. The summed E-state index contributed by atoms with van der Waals surface area (Å²) in [6, 6.07) is 16.4. The highest BCUT2D eigenvalue weighted by Gasteiger charge is 2.22. The summed E-state index contributed by atoms with van der Waals surface area (Å²) in [5.74, 6) is 0.0672. The summed E-state index contributed by atoms with van der Waals surface area (Å²) < 4.78 is 18.9. The van der Waals surface area contributed by atoms with Gasteiger partial charge in [0.15, 0.2) is 0 Å². The summed E-state index contributed by atoms with van der Waals surface area (Å²) in [7, 11) is 0. The van der Waals surface area contributed by atoms with E-state index in [1.165, 1.54) is 12.1 Å². The largest absolute Gasteiger partial charge is 0.376 e. The van der Waals surface area contributed by atoms with Crippen LogP contribution in [0.3, 0.4) is 0 Å². The topological polar surface area (TPSA) is 50.4 Å². The molecule has 0 bridgehead atoms. The molecule has 2 N–H and O–H groups in total. The second kappa shape index (κ2) is 10.2. The zero-order chi connectivity index (χ0) is 18.9. The number of halogens is 1. The molecule has 1 amide bonds. The van der Waals surface area contributed by atoms with E-state index in [1.54, 1.807) is 12.1 Å². The number of benzene rings is 2. The fourth-order valence-corrected chi connectivity index (χ4v) is 3.35. The van der Waals surface area contributed by atoms with E-state index >= 15 is 0 Å². The van der Waals surface area contributed by atoms with Gasteiger partial charge in [0.05, 0.1) is 13.2 Å². The molecule has 5 heteroatoms. The summed E-state index contributed by atoms with van der Waals surface area (Å²) in [4.78, 5) is 12.4. The first-order valence-corrected chi connectivity index (χ1v) is 9.58. The van der Waals surface area contributed by atoms with Gasteiger partial charge in [0.2, 0.25) is 5.91 Å². The van der Waals surface area contributed by atoms with Crippen molar-refractivity contribution in [3.63, 3.8) is 0 Å². The van der Waals surface area contributed by atoms with Crippen LogP contribution in [0.5, 0.6) is 0 Å². The fourth-order valence-electron chi connectivity index (χ4n) is 3.35. The highest BCUT2D eigenvalue weighted by atomic mass is 19.1. The third-order valence-corrected chi connectivity index (χ3v) is 5.00. The van der Waals surface area contributed by atoms with Crippen molar-refractivity contribution in [1.29, 1.82) is 0 Å². The maximum Gasteiger partial charge on any atom is 0.223 e. The Morgan fingerprint density at radius 2 is 1.81 bits per heavy atom. The highest BCUT2D eigenvalue weighted by Crippen LogP contribution is 2.18. The second-order valence-corrected chi connectivity index (χ2v) is 7.02. The lowest BCUT2D eigenvalue weighted by atomic mass is 9.96. The van der Waals surface area contributed by atoms with E-state index in [4.69, 9.17) is 4.74 Å². The second-order valence-electron chi connectivity index (χ2n) is 7.02. The third-order valence-electron chi connectivity index (χ3n) is 5.00. The van der Waals surface area contributed by atoms with Crippen LogP contribution >= 0.6 is 0 Å². The SMILES string of the molecule is O=C(NCC(COCc1ccc(F)cc1)c1ccccc1)C1CCNCC1. The van der Waals surface area contributed by atoms with Crippen molar-refractivity contribution < 1.29 is 13.9 Å². The van der Waals surface area contributed by atoms with E-state index in [0.717, 1.165) is 37.1 Å². The molecule has 1 aliphatic heterocycles. The molecule has 1 unspecified atom stereocenters. The minimum atomic E-state index is -0.249. The van der Waals surface area contributed by atoms with E-state index in [1.807, 2.05) is 18.2 Å². The lowest BCUT2D eigenvalue weighted by molar-refractivity contribution is -0.125. The van der Waals surface area contributed by atoms with Crippen LogP contribution in [0.1, 0.15) is 29.9 Å². The van der Waals surface area contributed by atoms with Crippen molar-refractivity contribution >= 4 is 5.91 Å². The van der Waals surface area contributed by atoms with Crippen LogP contribution in [0.25, 0.3) is 0 Å². The fraction of sp³-hybridized carbons (Fsp3) is 0.409. The number of piperidine rings is 1. The highest BCUT2D eigenvalue weighted by molar-refractivity contribution is 5.78. The zero-order valence-corrected chi connectivity index (χ0v) is 15.5. The van der Waals surface area contributed by atoms with Gasteiger partial charge in [0, 0.05) is 18.4 Å². The summed E-state index contributed by atoms with van der Waals surface area (Å²) in [5, 5.41) is 6.39. The number of hydrogen-bond acceptors (Lipinski definition) is 3. The van der Waals surface area contributed by atoms with Crippen molar-refractivity contribution in [2.24, 2.45) is 5.92 Å². The van der Waals surface area contributed by atoms with E-state index in [-0.39, 0.29) is 23.6 Å². The standard InChI is InChI=1S/C22H27FN2O2/c23-21-8-6-17(7-9-21)15-27-16-20(18-4-2-1-3-5-18)14-25-22(26)19-10-12-24-13-11-19/h1-9,19-20,24H,10-16H2,(H,25,26). The molecule has 1 saturated heterocycles. The van der Waals surface area contributed by atoms with E-state index in [0.29, 0.717) is 19.8 Å². The number of carbonyl (C=O) groups excluding carboxylic acids is 1. The van der Waals surface area contributed by atoms with Gasteiger partial charge >= 0.3 is 0 Å². The summed E-state index contributed by atoms with van der Waals surface area (Å²) in [5.41, 5.74) is 2.07. The van der Waals surface area contributed by atoms with Crippen LogP contribution in [0.2, 0.25) is 0 Å². The van der Waals surface area contributed by atoms with Crippen LogP contribution in [-0.2, 0) is 16.1 Å². The van der Waals surface area contributed by atoms with E-state index in [9.17, 15) is 9.18 Å². The normalized spacial score (nSPS) is 16.0. The number of hydrogen-bond donors (Lipinski definition) is 2. The lowest BCUT2D eigenvalue weighted by Gasteiger charge is -2.24. The maximum atomic E-state index is 13.0. The molecule has 1 aliphatic rings. The first-order chi connectivity index (χ1) is 13.2. The molecule has 0 aliphatic carbocycles. The summed E-state index contributed by atoms with van der Waals surface area (Å²) in [6.07, 6.45) is 1.78.